The molecule has 0 bridgehead atoms. The predicted octanol–water partition coefficient (Wildman–Crippen LogP) is 2.40. The lowest BCUT2D eigenvalue weighted by Gasteiger charge is -2.23. The molecule has 164 valence electrons. The number of rotatable bonds is 8. The number of aromatic amines is 1. The second-order valence-electron chi connectivity index (χ2n) is 7.85. The highest BCUT2D eigenvalue weighted by Crippen LogP contribution is 2.33. The summed E-state index contributed by atoms with van der Waals surface area (Å²) in [6.07, 6.45) is 4.64. The van der Waals surface area contributed by atoms with Crippen LogP contribution in [0.1, 0.15) is 53.2 Å². The number of nitrogens with zero attached hydrogens (tertiary/aromatic N) is 2. The lowest BCUT2D eigenvalue weighted by Crippen LogP contribution is -2.42. The van der Waals surface area contributed by atoms with Crippen molar-refractivity contribution >= 4 is 28.7 Å². The molecule has 2 aromatic rings. The quantitative estimate of drug-likeness (QED) is 0.663. The Morgan fingerprint density at radius 2 is 2.20 bits per heavy atom. The van der Waals surface area contributed by atoms with Crippen LogP contribution in [-0.2, 0) is 24.1 Å². The van der Waals surface area contributed by atoms with Gasteiger partial charge >= 0.3 is 5.69 Å². The smallest absolute Gasteiger partial charge is 0.330 e. The highest BCUT2D eigenvalue weighted by atomic mass is 32.1. The van der Waals surface area contributed by atoms with Gasteiger partial charge in [0.15, 0.2) is 5.69 Å². The first-order chi connectivity index (χ1) is 14.4. The van der Waals surface area contributed by atoms with Crippen molar-refractivity contribution in [1.29, 1.82) is 0 Å². The van der Waals surface area contributed by atoms with Crippen LogP contribution in [0.4, 0.5) is 11.5 Å². The van der Waals surface area contributed by atoms with Crippen LogP contribution >= 0.6 is 11.3 Å². The molecule has 3 N–H and O–H groups in total. The number of anilines is 2. The van der Waals surface area contributed by atoms with Gasteiger partial charge < -0.3 is 10.5 Å². The molecule has 2 aromatic heterocycles. The van der Waals surface area contributed by atoms with Crippen molar-refractivity contribution in [1.82, 2.24) is 9.55 Å². The Morgan fingerprint density at radius 1 is 1.43 bits per heavy atom. The number of amides is 1. The summed E-state index contributed by atoms with van der Waals surface area (Å²) in [4.78, 5) is 43.9. The normalized spacial score (nSPS) is 15.8. The van der Waals surface area contributed by atoms with Crippen LogP contribution in [0.15, 0.2) is 15.7 Å². The van der Waals surface area contributed by atoms with Gasteiger partial charge in [0.05, 0.1) is 11.5 Å². The molecule has 0 aromatic carbocycles. The molecule has 3 rings (SSSR count). The van der Waals surface area contributed by atoms with Gasteiger partial charge in [-0.3, -0.25) is 24.0 Å². The van der Waals surface area contributed by atoms with E-state index < -0.39 is 11.2 Å². The number of fused-ring (bicyclic) bond motifs is 1. The fraction of sp³-hybridized carbons (Fsp3) is 0.571. The molecule has 0 spiro atoms. The van der Waals surface area contributed by atoms with Crippen LogP contribution in [-0.4, -0.2) is 35.7 Å². The molecule has 9 heteroatoms. The van der Waals surface area contributed by atoms with Crippen LogP contribution in [0.3, 0.4) is 0 Å². The molecular formula is C21H30N4O4S. The third-order valence-electron chi connectivity index (χ3n) is 5.52. The van der Waals surface area contributed by atoms with Crippen molar-refractivity contribution < 1.29 is 9.53 Å². The zero-order chi connectivity index (χ0) is 21.8. The van der Waals surface area contributed by atoms with E-state index in [0.717, 1.165) is 32.1 Å². The van der Waals surface area contributed by atoms with Gasteiger partial charge in [-0.2, -0.15) is 0 Å². The van der Waals surface area contributed by atoms with Gasteiger partial charge in [-0.25, -0.2) is 4.79 Å². The highest BCUT2D eigenvalue weighted by Gasteiger charge is 2.28. The van der Waals surface area contributed by atoms with Crippen LogP contribution in [0.2, 0.25) is 0 Å². The average molecular weight is 435 g/mol. The van der Waals surface area contributed by atoms with E-state index in [-0.39, 0.29) is 30.6 Å². The van der Waals surface area contributed by atoms with E-state index in [1.165, 1.54) is 38.4 Å². The van der Waals surface area contributed by atoms with Crippen molar-refractivity contribution in [3.63, 3.8) is 0 Å². The summed E-state index contributed by atoms with van der Waals surface area (Å²) in [5.41, 5.74) is 6.24. The van der Waals surface area contributed by atoms with E-state index >= 15 is 0 Å². The molecule has 1 aliphatic rings. The Morgan fingerprint density at radius 3 is 2.90 bits per heavy atom. The van der Waals surface area contributed by atoms with Gasteiger partial charge in [-0.05, 0) is 43.2 Å². The topological polar surface area (TPSA) is 110 Å². The molecule has 8 nitrogen and oxygen atoms in total. The minimum Gasteiger partial charge on any atom is -0.383 e. The molecule has 1 atom stereocenters. The second kappa shape index (κ2) is 9.61. The van der Waals surface area contributed by atoms with Crippen LogP contribution < -0.4 is 21.9 Å². The maximum absolute atomic E-state index is 13.5. The van der Waals surface area contributed by atoms with Crippen LogP contribution in [0, 0.1) is 5.92 Å². The number of aromatic nitrogens is 2. The molecule has 0 aliphatic heterocycles. The lowest BCUT2D eigenvalue weighted by atomic mass is 9.90. The maximum atomic E-state index is 13.5. The molecule has 30 heavy (non-hydrogen) atoms. The number of H-pyrrole nitrogens is 1. The van der Waals surface area contributed by atoms with E-state index in [2.05, 4.69) is 11.9 Å². The fourth-order valence-corrected chi connectivity index (χ4v) is 4.98. The lowest BCUT2D eigenvalue weighted by molar-refractivity contribution is 0.0979. The van der Waals surface area contributed by atoms with Crippen molar-refractivity contribution in [3.05, 3.63) is 42.2 Å². The molecule has 0 radical (unpaired) electrons. The minimum absolute atomic E-state index is 0.00694. The molecule has 2 heterocycles. The van der Waals surface area contributed by atoms with E-state index in [9.17, 15) is 14.4 Å². The van der Waals surface area contributed by atoms with Gasteiger partial charge in [0, 0.05) is 25.1 Å². The Labute approximate surface area is 179 Å². The minimum atomic E-state index is -0.662. The molecule has 0 unspecified atom stereocenters. The number of thiophene rings is 1. The Bertz CT molecular complexity index is 1020. The summed E-state index contributed by atoms with van der Waals surface area (Å²) in [7, 11) is 1.53. The third-order valence-corrected chi connectivity index (χ3v) is 6.75. The molecule has 0 saturated carbocycles. The summed E-state index contributed by atoms with van der Waals surface area (Å²) >= 11 is 1.48. The summed E-state index contributed by atoms with van der Waals surface area (Å²) in [5, 5.41) is 0. The average Bonchev–Trinajstić information content (AvgIpc) is 3.12. The van der Waals surface area contributed by atoms with Gasteiger partial charge in [-0.15, -0.1) is 11.3 Å². The Hall–Kier alpha value is -2.39. The number of nitrogen functional groups attached to an aromatic ring is 1. The molecule has 1 aliphatic carbocycles. The van der Waals surface area contributed by atoms with Crippen LogP contribution in [0.25, 0.3) is 0 Å². The summed E-state index contributed by atoms with van der Waals surface area (Å²) in [6.45, 7) is 4.99. The molecular weight excluding hydrogens is 404 g/mol. The SMILES string of the molecule is CCCCn1c(N)c(N(CCOC)C(=O)c2cc3c(s2)CC[C@H](C)C3)c(=O)[nH]c1=O. The van der Waals surface area contributed by atoms with E-state index in [1.807, 2.05) is 13.0 Å². The largest absolute Gasteiger partial charge is 0.383 e. The van der Waals surface area contributed by atoms with Crippen molar-refractivity contribution in [2.75, 3.05) is 30.9 Å². The zero-order valence-electron chi connectivity index (χ0n) is 17.8. The van der Waals surface area contributed by atoms with Crippen molar-refractivity contribution in [3.8, 4) is 0 Å². The molecule has 0 fully saturated rings. The number of hydrogen-bond donors (Lipinski definition) is 2. The Balaban J connectivity index is 2.04. The van der Waals surface area contributed by atoms with Crippen LogP contribution in [0.5, 0.6) is 0 Å². The predicted molar refractivity (Wildman–Crippen MR) is 120 cm³/mol. The second-order valence-corrected chi connectivity index (χ2v) is 8.99. The van der Waals surface area contributed by atoms with Gasteiger partial charge in [0.25, 0.3) is 11.5 Å². The number of carbonyl (C=O) groups excluding carboxylic acids is 1. The number of methoxy groups -OCH3 is 1. The number of ether oxygens (including phenoxy) is 1. The first kappa shape index (κ1) is 22.3. The van der Waals surface area contributed by atoms with Gasteiger partial charge in [0.1, 0.15) is 5.82 Å². The zero-order valence-corrected chi connectivity index (χ0v) is 18.6. The number of nitrogens with two attached hydrogens (primary N) is 1. The highest BCUT2D eigenvalue weighted by molar-refractivity contribution is 7.14. The first-order valence-electron chi connectivity index (χ1n) is 10.4. The van der Waals surface area contributed by atoms with E-state index in [4.69, 9.17) is 10.5 Å². The number of hydrogen-bond acceptors (Lipinski definition) is 6. The number of carbonyl (C=O) groups is 1. The van der Waals surface area contributed by atoms with E-state index in [0.29, 0.717) is 17.3 Å². The molecule has 1 amide bonds. The fourth-order valence-electron chi connectivity index (χ4n) is 3.82. The number of aryl methyl sites for hydroxylation is 1. The van der Waals surface area contributed by atoms with Gasteiger partial charge in [-0.1, -0.05) is 20.3 Å². The standard InChI is InChI=1S/C21H30N4O4S/c1-4-5-8-25-18(22)17(19(26)23-21(25)28)24(9-10-29-3)20(27)16-12-14-11-13(2)6-7-15(14)30-16/h12-13H,4-11,22H2,1-3H3,(H,23,26,28)/t13-/m0/s1. The first-order valence-corrected chi connectivity index (χ1v) is 11.2. The van der Waals surface area contributed by atoms with E-state index in [1.54, 1.807) is 0 Å². The summed E-state index contributed by atoms with van der Waals surface area (Å²) < 4.78 is 6.49. The molecule has 0 saturated heterocycles. The summed E-state index contributed by atoms with van der Waals surface area (Å²) in [5.74, 6) is 0.314. The summed E-state index contributed by atoms with van der Waals surface area (Å²) in [6, 6.07) is 1.94. The number of unbranched alkanes of at least 4 members (excludes halogenated alkanes) is 1. The third kappa shape index (κ3) is 4.52. The van der Waals surface area contributed by atoms with Crippen molar-refractivity contribution in [2.24, 2.45) is 5.92 Å². The van der Waals surface area contributed by atoms with Gasteiger partial charge in [0.2, 0.25) is 0 Å². The number of nitrogens with one attached hydrogen (secondary N) is 1. The monoisotopic (exact) mass is 434 g/mol. The van der Waals surface area contributed by atoms with Crippen molar-refractivity contribution in [2.45, 2.75) is 52.5 Å². The Kier molecular flexibility index (Phi) is 7.14. The maximum Gasteiger partial charge on any atom is 0.330 e.